The van der Waals surface area contributed by atoms with E-state index in [0.29, 0.717) is 29.5 Å². The third-order valence-electron chi connectivity index (χ3n) is 11.5. The summed E-state index contributed by atoms with van der Waals surface area (Å²) in [6.07, 6.45) is 8.80. The van der Waals surface area contributed by atoms with Gasteiger partial charge in [-0.1, -0.05) is 27.7 Å². The van der Waals surface area contributed by atoms with Crippen molar-refractivity contribution in [2.45, 2.75) is 85.4 Å². The molecule has 28 heavy (non-hydrogen) atoms. The van der Waals surface area contributed by atoms with Crippen LogP contribution in [0.3, 0.4) is 0 Å². The number of ether oxygens (including phenoxy) is 2. The van der Waals surface area contributed by atoms with Gasteiger partial charge < -0.3 is 9.47 Å². The van der Waals surface area contributed by atoms with Gasteiger partial charge in [0.1, 0.15) is 5.78 Å². The normalized spacial score (nSPS) is 58.0. The minimum atomic E-state index is -0.417. The maximum absolute atomic E-state index is 14.0. The lowest BCUT2D eigenvalue weighted by Crippen LogP contribution is -2.63. The molecule has 3 nitrogen and oxygen atoms in total. The van der Waals surface area contributed by atoms with Crippen LogP contribution in [0.2, 0.25) is 0 Å². The second-order valence-electron chi connectivity index (χ2n) is 12.5. The molecule has 5 aliphatic carbocycles. The molecule has 1 heterocycles. The van der Waals surface area contributed by atoms with Crippen molar-refractivity contribution in [3.63, 3.8) is 0 Å². The molecule has 3 heteroatoms. The fraction of sp³-hybridized carbons (Fsp3) is 0.960. The van der Waals surface area contributed by atoms with Gasteiger partial charge in [-0.15, -0.1) is 0 Å². The fourth-order valence-electron chi connectivity index (χ4n) is 10.3. The zero-order chi connectivity index (χ0) is 19.7. The molecule has 6 aliphatic rings. The van der Waals surface area contributed by atoms with Crippen LogP contribution in [0.5, 0.6) is 0 Å². The van der Waals surface area contributed by atoms with Crippen LogP contribution in [0.4, 0.5) is 0 Å². The van der Waals surface area contributed by atoms with Gasteiger partial charge in [-0.3, -0.25) is 4.79 Å². The van der Waals surface area contributed by atoms with Crippen LogP contribution in [-0.2, 0) is 14.3 Å². The Hall–Kier alpha value is -0.410. The van der Waals surface area contributed by atoms with Crippen molar-refractivity contribution in [3.05, 3.63) is 0 Å². The first kappa shape index (κ1) is 18.4. The second-order valence-corrected chi connectivity index (χ2v) is 12.5. The van der Waals surface area contributed by atoms with Crippen molar-refractivity contribution in [1.29, 1.82) is 0 Å². The highest BCUT2D eigenvalue weighted by molar-refractivity contribution is 5.95. The van der Waals surface area contributed by atoms with E-state index in [4.69, 9.17) is 9.47 Å². The Morgan fingerprint density at radius 1 is 0.857 bits per heavy atom. The lowest BCUT2D eigenvalue weighted by molar-refractivity contribution is -0.223. The summed E-state index contributed by atoms with van der Waals surface area (Å²) in [5, 5.41) is 0. The summed E-state index contributed by atoms with van der Waals surface area (Å²) in [4.78, 5) is 14.0. The number of fused-ring (bicyclic) bond motifs is 4. The van der Waals surface area contributed by atoms with Gasteiger partial charge in [0, 0.05) is 16.7 Å². The molecule has 6 rings (SSSR count). The highest BCUT2D eigenvalue weighted by Crippen LogP contribution is 2.83. The molecule has 1 aliphatic heterocycles. The molecular weight excluding hydrogens is 348 g/mol. The van der Waals surface area contributed by atoms with Crippen molar-refractivity contribution >= 4 is 5.78 Å². The molecule has 0 bridgehead atoms. The zero-order valence-electron chi connectivity index (χ0n) is 18.5. The quantitative estimate of drug-likeness (QED) is 0.619. The van der Waals surface area contributed by atoms with Crippen LogP contribution in [0.15, 0.2) is 0 Å². The number of rotatable bonds is 1. The van der Waals surface area contributed by atoms with E-state index in [9.17, 15) is 4.79 Å². The maximum Gasteiger partial charge on any atom is 0.169 e. The number of carbonyl (C=O) groups excluding carboxylic acids is 1. The van der Waals surface area contributed by atoms with E-state index < -0.39 is 5.79 Å². The third kappa shape index (κ3) is 1.77. The molecule has 1 spiro atoms. The Morgan fingerprint density at radius 3 is 2.25 bits per heavy atom. The molecule has 0 aromatic rings. The van der Waals surface area contributed by atoms with Crippen LogP contribution in [-0.4, -0.2) is 24.8 Å². The summed E-state index contributed by atoms with van der Waals surface area (Å²) in [5.41, 5.74) is 0.370. The number of ketones is 1. The maximum atomic E-state index is 14.0. The van der Waals surface area contributed by atoms with Crippen molar-refractivity contribution in [2.24, 2.45) is 51.2 Å². The van der Waals surface area contributed by atoms with E-state index in [1.54, 1.807) is 0 Å². The highest BCUT2D eigenvalue weighted by Gasteiger charge is 2.81. The molecule has 6 fully saturated rings. The predicted octanol–water partition coefficient (Wildman–Crippen LogP) is 5.22. The Bertz CT molecular complexity index is 736. The molecule has 0 N–H and O–H groups in total. The second kappa shape index (κ2) is 5.07. The van der Waals surface area contributed by atoms with E-state index in [-0.39, 0.29) is 21.7 Å². The Balaban J connectivity index is 1.42. The monoisotopic (exact) mass is 386 g/mol. The fourth-order valence-corrected chi connectivity index (χ4v) is 10.3. The number of Topliss-reactive ketones (excluding diaryl/α,β-unsaturated/α-hetero) is 1. The minimum Gasteiger partial charge on any atom is -0.348 e. The van der Waals surface area contributed by atoms with Crippen LogP contribution in [0, 0.1) is 51.2 Å². The molecular formula is C25H38O3. The van der Waals surface area contributed by atoms with Crippen molar-refractivity contribution in [1.82, 2.24) is 0 Å². The van der Waals surface area contributed by atoms with Gasteiger partial charge in [-0.2, -0.15) is 0 Å². The molecule has 0 amide bonds. The first-order valence-corrected chi connectivity index (χ1v) is 11.9. The standard InChI is InChI=1S/C25H38O3/c1-21(2)19-16-6-7-18(24(5)27-12-13-28-24)22(16,3)10-9-17(19)23(4)11-8-15-14-25(15,23)20(21)26/h15-19H,6-14H2,1-5H3/t15-,16?,17?,18+,19?,22+,23-,25?/m1/s1. The Labute approximate surface area is 170 Å². The van der Waals surface area contributed by atoms with Gasteiger partial charge in [0.15, 0.2) is 5.79 Å². The Kier molecular flexibility index (Phi) is 3.33. The topological polar surface area (TPSA) is 35.5 Å². The summed E-state index contributed by atoms with van der Waals surface area (Å²) in [6.45, 7) is 13.3. The van der Waals surface area contributed by atoms with Gasteiger partial charge in [0.05, 0.1) is 13.2 Å². The van der Waals surface area contributed by atoms with Crippen molar-refractivity contribution < 1.29 is 14.3 Å². The van der Waals surface area contributed by atoms with E-state index in [2.05, 4.69) is 34.6 Å². The molecule has 0 aromatic heterocycles. The lowest BCUT2D eigenvalue weighted by atomic mass is 9.40. The first-order valence-electron chi connectivity index (χ1n) is 11.9. The largest absolute Gasteiger partial charge is 0.348 e. The summed E-state index contributed by atoms with van der Waals surface area (Å²) < 4.78 is 12.3. The molecule has 5 saturated carbocycles. The van der Waals surface area contributed by atoms with Gasteiger partial charge in [0.2, 0.25) is 0 Å². The number of carbonyl (C=O) groups is 1. The Morgan fingerprint density at radius 2 is 1.57 bits per heavy atom. The third-order valence-corrected chi connectivity index (χ3v) is 11.5. The number of hydrogen-bond donors (Lipinski definition) is 0. The molecule has 4 unspecified atom stereocenters. The molecule has 0 radical (unpaired) electrons. The van der Waals surface area contributed by atoms with Crippen LogP contribution in [0.25, 0.3) is 0 Å². The summed E-state index contributed by atoms with van der Waals surface area (Å²) in [5.74, 6) is 3.27. The van der Waals surface area contributed by atoms with Gasteiger partial charge in [-0.25, -0.2) is 0 Å². The predicted molar refractivity (Wildman–Crippen MR) is 108 cm³/mol. The van der Waals surface area contributed by atoms with E-state index in [1.807, 2.05) is 0 Å². The van der Waals surface area contributed by atoms with E-state index in [0.717, 1.165) is 19.1 Å². The minimum absolute atomic E-state index is 0.0487. The van der Waals surface area contributed by atoms with Crippen LogP contribution >= 0.6 is 0 Å². The zero-order valence-corrected chi connectivity index (χ0v) is 18.5. The average Bonchev–Trinajstić information content (AvgIpc) is 2.88. The van der Waals surface area contributed by atoms with Crippen LogP contribution < -0.4 is 0 Å². The smallest absolute Gasteiger partial charge is 0.169 e. The number of hydrogen-bond acceptors (Lipinski definition) is 3. The summed E-state index contributed by atoms with van der Waals surface area (Å²) in [7, 11) is 0. The van der Waals surface area contributed by atoms with Crippen LogP contribution in [0.1, 0.15) is 79.6 Å². The SMILES string of the molecule is CC1(C)C(=O)C23C[C@H]2CC[C@]3(C)C2CC[C@@]3(C)C(CC[C@@H]3C3(C)OCCO3)C21. The summed E-state index contributed by atoms with van der Waals surface area (Å²) >= 11 is 0. The highest BCUT2D eigenvalue weighted by atomic mass is 16.7. The molecule has 156 valence electrons. The molecule has 1 saturated heterocycles. The van der Waals surface area contributed by atoms with Gasteiger partial charge in [-0.05, 0) is 86.4 Å². The molecule has 8 atom stereocenters. The summed E-state index contributed by atoms with van der Waals surface area (Å²) in [6, 6.07) is 0. The van der Waals surface area contributed by atoms with Gasteiger partial charge in [0.25, 0.3) is 0 Å². The van der Waals surface area contributed by atoms with Crippen molar-refractivity contribution in [3.8, 4) is 0 Å². The van der Waals surface area contributed by atoms with E-state index in [1.165, 1.54) is 44.9 Å². The first-order chi connectivity index (χ1) is 13.1. The average molecular weight is 387 g/mol. The van der Waals surface area contributed by atoms with Gasteiger partial charge >= 0.3 is 0 Å². The lowest BCUT2D eigenvalue weighted by Gasteiger charge is -2.63. The molecule has 0 aromatic carbocycles. The van der Waals surface area contributed by atoms with Crippen molar-refractivity contribution in [2.75, 3.05) is 13.2 Å². The van der Waals surface area contributed by atoms with E-state index >= 15 is 0 Å².